The van der Waals surface area contributed by atoms with Crippen molar-refractivity contribution in [1.29, 1.82) is 0 Å². The molecule has 25 heavy (non-hydrogen) atoms. The van der Waals surface area contributed by atoms with Crippen LogP contribution in [0.2, 0.25) is 0 Å². The highest BCUT2D eigenvalue weighted by molar-refractivity contribution is 5.94. The molecule has 0 bridgehead atoms. The summed E-state index contributed by atoms with van der Waals surface area (Å²) in [6.45, 7) is 0.492. The fourth-order valence-electron chi connectivity index (χ4n) is 3.17. The average Bonchev–Trinajstić information content (AvgIpc) is 3.03. The fraction of sp³-hybridized carbons (Fsp3) is 0.500. The topological polar surface area (TPSA) is 59.8 Å². The van der Waals surface area contributed by atoms with E-state index < -0.39 is 5.92 Å². The van der Waals surface area contributed by atoms with Crippen molar-refractivity contribution in [3.63, 3.8) is 0 Å². The molecule has 2 aromatic heterocycles. The van der Waals surface area contributed by atoms with Crippen molar-refractivity contribution in [2.45, 2.75) is 38.0 Å². The number of hydrogen-bond donors (Lipinski definition) is 1. The van der Waals surface area contributed by atoms with Crippen LogP contribution in [0.15, 0.2) is 30.9 Å². The maximum Gasteiger partial charge on any atom is 0.252 e. The lowest BCUT2D eigenvalue weighted by Crippen LogP contribution is -2.29. The van der Waals surface area contributed by atoms with Crippen molar-refractivity contribution in [2.24, 2.45) is 13.0 Å². The number of alkyl halides is 2. The lowest BCUT2D eigenvalue weighted by molar-refractivity contribution is -0.0464. The van der Waals surface area contributed by atoms with Crippen LogP contribution in [0, 0.1) is 5.92 Å². The summed E-state index contributed by atoms with van der Waals surface area (Å²) in [5.41, 5.74) is 2.21. The molecule has 0 radical (unpaired) electrons. The molecule has 1 N–H and O–H groups in total. The molecule has 7 heteroatoms. The van der Waals surface area contributed by atoms with E-state index in [0.717, 1.165) is 17.5 Å². The van der Waals surface area contributed by atoms with Gasteiger partial charge >= 0.3 is 0 Å². The number of aromatic nitrogens is 3. The molecule has 0 aromatic carbocycles. The summed E-state index contributed by atoms with van der Waals surface area (Å²) in [6, 6.07) is 1.78. The molecule has 5 nitrogen and oxygen atoms in total. The minimum atomic E-state index is -2.50. The second-order valence-corrected chi connectivity index (χ2v) is 6.71. The quantitative estimate of drug-likeness (QED) is 0.901. The molecular weight excluding hydrogens is 326 g/mol. The van der Waals surface area contributed by atoms with Crippen LogP contribution in [0.25, 0.3) is 11.1 Å². The number of carbonyl (C=O) groups excluding carboxylic acids is 1. The first-order chi connectivity index (χ1) is 11.9. The Balaban J connectivity index is 1.52. The summed E-state index contributed by atoms with van der Waals surface area (Å²) >= 11 is 0. The minimum Gasteiger partial charge on any atom is -0.352 e. The summed E-state index contributed by atoms with van der Waals surface area (Å²) in [6.07, 6.45) is 8.51. The third-order valence-electron chi connectivity index (χ3n) is 4.71. The van der Waals surface area contributed by atoms with Gasteiger partial charge in [-0.25, -0.2) is 8.78 Å². The molecular formula is C18H22F2N4O. The monoisotopic (exact) mass is 348 g/mol. The summed E-state index contributed by atoms with van der Waals surface area (Å²) < 4.78 is 28.0. The molecule has 134 valence electrons. The van der Waals surface area contributed by atoms with Crippen LogP contribution in [-0.2, 0) is 7.05 Å². The molecule has 2 heterocycles. The van der Waals surface area contributed by atoms with Crippen LogP contribution in [0.1, 0.15) is 42.5 Å². The molecule has 1 aliphatic carbocycles. The van der Waals surface area contributed by atoms with Crippen LogP contribution < -0.4 is 5.32 Å². The number of hydrogen-bond acceptors (Lipinski definition) is 3. The highest BCUT2D eigenvalue weighted by atomic mass is 19.3. The maximum absolute atomic E-state index is 13.1. The fourth-order valence-corrected chi connectivity index (χ4v) is 3.17. The van der Waals surface area contributed by atoms with Crippen molar-refractivity contribution in [1.82, 2.24) is 20.1 Å². The predicted octanol–water partition coefficient (Wildman–Crippen LogP) is 3.43. The summed E-state index contributed by atoms with van der Waals surface area (Å²) in [5.74, 6) is -2.43. The van der Waals surface area contributed by atoms with E-state index >= 15 is 0 Å². The zero-order valence-electron chi connectivity index (χ0n) is 14.2. The van der Waals surface area contributed by atoms with E-state index in [2.05, 4.69) is 15.4 Å². The molecule has 3 rings (SSSR count). The van der Waals surface area contributed by atoms with Gasteiger partial charge < -0.3 is 5.32 Å². The standard InChI is InChI=1S/C18H22F2N4O/c1-24-12-16(11-23-24)14-8-15(10-21-9-14)17(25)22-7-4-13-2-5-18(19,20)6-3-13/h8-13H,2-7H2,1H3,(H,22,25). The van der Waals surface area contributed by atoms with Gasteiger partial charge in [0.1, 0.15) is 0 Å². The van der Waals surface area contributed by atoms with E-state index in [1.165, 1.54) is 6.20 Å². The van der Waals surface area contributed by atoms with E-state index in [1.54, 1.807) is 23.1 Å². The number of rotatable bonds is 5. The van der Waals surface area contributed by atoms with Crippen molar-refractivity contribution < 1.29 is 13.6 Å². The number of pyridine rings is 1. The van der Waals surface area contributed by atoms with E-state index in [-0.39, 0.29) is 24.7 Å². The maximum atomic E-state index is 13.1. The summed E-state index contributed by atoms with van der Waals surface area (Å²) in [5, 5.41) is 6.98. The Hall–Kier alpha value is -2.31. The van der Waals surface area contributed by atoms with Crippen LogP contribution >= 0.6 is 0 Å². The molecule has 1 amide bonds. The Kier molecular flexibility index (Phi) is 5.11. The lowest BCUT2D eigenvalue weighted by atomic mass is 9.85. The average molecular weight is 348 g/mol. The van der Waals surface area contributed by atoms with E-state index in [0.29, 0.717) is 24.9 Å². The zero-order valence-corrected chi connectivity index (χ0v) is 14.2. The van der Waals surface area contributed by atoms with Gasteiger partial charge in [-0.3, -0.25) is 14.5 Å². The van der Waals surface area contributed by atoms with Gasteiger partial charge in [-0.2, -0.15) is 5.10 Å². The molecule has 1 aliphatic rings. The van der Waals surface area contributed by atoms with Crippen LogP contribution in [0.5, 0.6) is 0 Å². The normalized spacial score (nSPS) is 17.4. The Bertz CT molecular complexity index is 734. The largest absolute Gasteiger partial charge is 0.352 e. The summed E-state index contributed by atoms with van der Waals surface area (Å²) in [4.78, 5) is 16.4. The predicted molar refractivity (Wildman–Crippen MR) is 90.3 cm³/mol. The first kappa shape index (κ1) is 17.5. The highest BCUT2D eigenvalue weighted by Crippen LogP contribution is 2.37. The van der Waals surface area contributed by atoms with Gasteiger partial charge in [0.25, 0.3) is 5.91 Å². The third kappa shape index (κ3) is 4.61. The van der Waals surface area contributed by atoms with Crippen molar-refractivity contribution >= 4 is 5.91 Å². The Labute approximate surface area is 145 Å². The number of aryl methyl sites for hydroxylation is 1. The number of nitrogens with zero attached hydrogens (tertiary/aromatic N) is 3. The second-order valence-electron chi connectivity index (χ2n) is 6.71. The number of halogens is 2. The van der Waals surface area contributed by atoms with Crippen LogP contribution in [0.4, 0.5) is 8.78 Å². The highest BCUT2D eigenvalue weighted by Gasteiger charge is 2.34. The zero-order chi connectivity index (χ0) is 17.9. The minimum absolute atomic E-state index is 0.0390. The number of carbonyl (C=O) groups is 1. The van der Waals surface area contributed by atoms with Crippen molar-refractivity contribution in [3.8, 4) is 11.1 Å². The number of amides is 1. The molecule has 0 saturated heterocycles. The molecule has 0 unspecified atom stereocenters. The SMILES string of the molecule is Cn1cc(-c2cncc(C(=O)NCCC3CCC(F)(F)CC3)c2)cn1. The second kappa shape index (κ2) is 7.29. The molecule has 0 atom stereocenters. The van der Waals surface area contributed by atoms with Gasteiger partial charge in [-0.1, -0.05) is 0 Å². The number of nitrogens with one attached hydrogen (secondary N) is 1. The van der Waals surface area contributed by atoms with E-state index in [1.807, 2.05) is 13.2 Å². The lowest BCUT2D eigenvalue weighted by Gasteiger charge is -2.28. The molecule has 0 aliphatic heterocycles. The van der Waals surface area contributed by atoms with E-state index in [4.69, 9.17) is 0 Å². The van der Waals surface area contributed by atoms with Gasteiger partial charge in [0.2, 0.25) is 5.92 Å². The Morgan fingerprint density at radius 1 is 1.28 bits per heavy atom. The molecule has 0 spiro atoms. The summed E-state index contributed by atoms with van der Waals surface area (Å²) in [7, 11) is 1.83. The van der Waals surface area contributed by atoms with Crippen LogP contribution in [0.3, 0.4) is 0 Å². The Morgan fingerprint density at radius 2 is 2.04 bits per heavy atom. The molecule has 1 fully saturated rings. The van der Waals surface area contributed by atoms with Crippen molar-refractivity contribution in [3.05, 3.63) is 36.4 Å². The first-order valence-corrected chi connectivity index (χ1v) is 8.53. The van der Waals surface area contributed by atoms with Gasteiger partial charge in [0.05, 0.1) is 11.8 Å². The Morgan fingerprint density at radius 3 is 2.72 bits per heavy atom. The van der Waals surface area contributed by atoms with Gasteiger partial charge in [0.15, 0.2) is 0 Å². The van der Waals surface area contributed by atoms with Crippen molar-refractivity contribution in [2.75, 3.05) is 6.54 Å². The molecule has 2 aromatic rings. The van der Waals surface area contributed by atoms with Gasteiger partial charge in [0, 0.05) is 56.2 Å². The molecule has 1 saturated carbocycles. The first-order valence-electron chi connectivity index (χ1n) is 8.53. The smallest absolute Gasteiger partial charge is 0.252 e. The third-order valence-corrected chi connectivity index (χ3v) is 4.71. The van der Waals surface area contributed by atoms with Crippen LogP contribution in [-0.4, -0.2) is 33.1 Å². The van der Waals surface area contributed by atoms with Gasteiger partial charge in [-0.15, -0.1) is 0 Å². The van der Waals surface area contributed by atoms with Gasteiger partial charge in [-0.05, 0) is 31.2 Å². The van der Waals surface area contributed by atoms with E-state index in [9.17, 15) is 13.6 Å².